The maximum Gasteiger partial charge on any atom is 0.228 e. The fourth-order valence-electron chi connectivity index (χ4n) is 2.91. The smallest absolute Gasteiger partial charge is 0.228 e. The van der Waals surface area contributed by atoms with Crippen molar-refractivity contribution < 1.29 is 14.3 Å². The largest absolute Gasteiger partial charge is 0.384 e. The van der Waals surface area contributed by atoms with Crippen molar-refractivity contribution >= 4 is 18.3 Å². The molecule has 1 fully saturated rings. The van der Waals surface area contributed by atoms with E-state index in [9.17, 15) is 4.79 Å². The number of carbonyl (C=O) groups is 1. The normalized spacial score (nSPS) is 16.4. The predicted octanol–water partition coefficient (Wildman–Crippen LogP) is 1.89. The number of halogens is 1. The molecule has 6 heteroatoms. The van der Waals surface area contributed by atoms with Crippen LogP contribution in [-0.4, -0.2) is 39.8 Å². The van der Waals surface area contributed by atoms with Gasteiger partial charge in [-0.05, 0) is 37.1 Å². The van der Waals surface area contributed by atoms with Crippen LogP contribution in [0.3, 0.4) is 0 Å². The monoisotopic (exact) mass is 342 g/mol. The molecule has 1 amide bonds. The van der Waals surface area contributed by atoms with E-state index in [0.29, 0.717) is 19.8 Å². The quantitative estimate of drug-likeness (QED) is 0.794. The van der Waals surface area contributed by atoms with Gasteiger partial charge in [0.25, 0.3) is 0 Å². The Bertz CT molecular complexity index is 468. The van der Waals surface area contributed by atoms with Crippen LogP contribution in [-0.2, 0) is 27.4 Å². The number of ether oxygens (including phenoxy) is 2. The van der Waals surface area contributed by atoms with Gasteiger partial charge < -0.3 is 20.1 Å². The number of benzene rings is 1. The Morgan fingerprint density at radius 3 is 2.30 bits per heavy atom. The fourth-order valence-corrected chi connectivity index (χ4v) is 2.91. The maximum atomic E-state index is 12.6. The van der Waals surface area contributed by atoms with Gasteiger partial charge in [-0.1, -0.05) is 24.3 Å². The van der Waals surface area contributed by atoms with Crippen LogP contribution in [0.5, 0.6) is 0 Å². The summed E-state index contributed by atoms with van der Waals surface area (Å²) in [4.78, 5) is 12.6. The molecule has 0 bridgehead atoms. The minimum absolute atomic E-state index is 0. The van der Waals surface area contributed by atoms with Gasteiger partial charge in [0.2, 0.25) is 5.91 Å². The van der Waals surface area contributed by atoms with Crippen molar-refractivity contribution in [3.05, 3.63) is 35.4 Å². The third-order valence-electron chi connectivity index (χ3n) is 4.25. The predicted molar refractivity (Wildman–Crippen MR) is 92.7 cm³/mol. The van der Waals surface area contributed by atoms with Crippen molar-refractivity contribution in [2.45, 2.75) is 26.0 Å². The minimum atomic E-state index is -0.393. The van der Waals surface area contributed by atoms with Gasteiger partial charge in [0.1, 0.15) is 0 Å². The summed E-state index contributed by atoms with van der Waals surface area (Å²) < 4.78 is 10.4. The maximum absolute atomic E-state index is 12.6. The van der Waals surface area contributed by atoms with Crippen molar-refractivity contribution in [3.63, 3.8) is 0 Å². The van der Waals surface area contributed by atoms with Crippen molar-refractivity contribution in [3.8, 4) is 0 Å². The van der Waals surface area contributed by atoms with Crippen LogP contribution in [0.15, 0.2) is 24.3 Å². The lowest BCUT2D eigenvalue weighted by Crippen LogP contribution is -2.49. The lowest BCUT2D eigenvalue weighted by Gasteiger charge is -2.35. The Morgan fingerprint density at radius 2 is 1.74 bits per heavy atom. The third kappa shape index (κ3) is 5.46. The SMILES string of the molecule is COCc1ccc(CNC(=O)C2(COC)CCNCC2)cc1.Cl. The van der Waals surface area contributed by atoms with Crippen LogP contribution >= 0.6 is 12.4 Å². The van der Waals surface area contributed by atoms with Crippen molar-refractivity contribution in [2.75, 3.05) is 33.9 Å². The van der Waals surface area contributed by atoms with Gasteiger partial charge in [-0.3, -0.25) is 4.79 Å². The molecule has 0 atom stereocenters. The molecule has 1 aliphatic heterocycles. The van der Waals surface area contributed by atoms with Gasteiger partial charge in [-0.15, -0.1) is 12.4 Å². The van der Waals surface area contributed by atoms with Gasteiger partial charge in [-0.25, -0.2) is 0 Å². The summed E-state index contributed by atoms with van der Waals surface area (Å²) in [5.41, 5.74) is 1.83. The van der Waals surface area contributed by atoms with E-state index in [1.807, 2.05) is 24.3 Å². The molecule has 1 aromatic rings. The first-order valence-corrected chi connectivity index (χ1v) is 7.75. The number of amides is 1. The summed E-state index contributed by atoms with van der Waals surface area (Å²) in [6.45, 7) is 3.36. The molecule has 1 aromatic carbocycles. The molecule has 1 heterocycles. The van der Waals surface area contributed by atoms with Crippen LogP contribution < -0.4 is 10.6 Å². The molecule has 0 aliphatic carbocycles. The van der Waals surface area contributed by atoms with E-state index < -0.39 is 5.41 Å². The molecule has 2 N–H and O–H groups in total. The number of piperidine rings is 1. The van der Waals surface area contributed by atoms with Gasteiger partial charge in [-0.2, -0.15) is 0 Å². The summed E-state index contributed by atoms with van der Waals surface area (Å²) in [5.74, 6) is 0.0943. The first-order chi connectivity index (χ1) is 10.7. The minimum Gasteiger partial charge on any atom is -0.384 e. The molecule has 23 heavy (non-hydrogen) atoms. The van der Waals surface area contributed by atoms with Crippen LogP contribution in [0.1, 0.15) is 24.0 Å². The lowest BCUT2D eigenvalue weighted by molar-refractivity contribution is -0.136. The highest BCUT2D eigenvalue weighted by Crippen LogP contribution is 2.29. The molecule has 130 valence electrons. The summed E-state index contributed by atoms with van der Waals surface area (Å²) in [6, 6.07) is 8.11. The van der Waals surface area contributed by atoms with Gasteiger partial charge in [0.05, 0.1) is 18.6 Å². The van der Waals surface area contributed by atoms with E-state index in [-0.39, 0.29) is 18.3 Å². The number of carbonyl (C=O) groups excluding carboxylic acids is 1. The average molecular weight is 343 g/mol. The number of hydrogen-bond acceptors (Lipinski definition) is 4. The Morgan fingerprint density at radius 1 is 1.13 bits per heavy atom. The van der Waals surface area contributed by atoms with E-state index in [4.69, 9.17) is 9.47 Å². The molecule has 0 spiro atoms. The van der Waals surface area contributed by atoms with Gasteiger partial charge in [0.15, 0.2) is 0 Å². The highest BCUT2D eigenvalue weighted by atomic mass is 35.5. The van der Waals surface area contributed by atoms with Crippen molar-refractivity contribution in [1.82, 2.24) is 10.6 Å². The van der Waals surface area contributed by atoms with E-state index in [1.165, 1.54) is 0 Å². The Balaban J connectivity index is 0.00000264. The Hall–Kier alpha value is -1.14. The summed E-state index contributed by atoms with van der Waals surface area (Å²) in [7, 11) is 3.34. The zero-order valence-electron chi connectivity index (χ0n) is 13.9. The Kier molecular flexibility index (Phi) is 8.55. The highest BCUT2D eigenvalue weighted by Gasteiger charge is 2.39. The van der Waals surface area contributed by atoms with E-state index >= 15 is 0 Å². The molecule has 0 unspecified atom stereocenters. The summed E-state index contributed by atoms with van der Waals surface area (Å²) in [6.07, 6.45) is 1.64. The first-order valence-electron chi connectivity index (χ1n) is 7.75. The molecule has 0 aromatic heterocycles. The van der Waals surface area contributed by atoms with Crippen molar-refractivity contribution in [1.29, 1.82) is 0 Å². The van der Waals surface area contributed by atoms with Gasteiger partial charge >= 0.3 is 0 Å². The van der Waals surface area contributed by atoms with Crippen molar-refractivity contribution in [2.24, 2.45) is 5.41 Å². The zero-order valence-corrected chi connectivity index (χ0v) is 14.7. The van der Waals surface area contributed by atoms with Crippen LogP contribution in [0, 0.1) is 5.41 Å². The Labute approximate surface area is 144 Å². The number of rotatable bonds is 7. The number of nitrogens with one attached hydrogen (secondary N) is 2. The van der Waals surface area contributed by atoms with E-state index in [1.54, 1.807) is 14.2 Å². The number of hydrogen-bond donors (Lipinski definition) is 2. The standard InChI is InChI=1S/C17H26N2O3.ClH/c1-21-12-15-5-3-14(4-6-15)11-19-16(20)17(13-22-2)7-9-18-10-8-17;/h3-6,18H,7-13H2,1-2H3,(H,19,20);1H. The zero-order chi connectivity index (χ0) is 15.8. The highest BCUT2D eigenvalue weighted by molar-refractivity contribution is 5.85. The molecular weight excluding hydrogens is 316 g/mol. The first kappa shape index (κ1) is 19.9. The number of methoxy groups -OCH3 is 2. The lowest BCUT2D eigenvalue weighted by atomic mass is 9.78. The summed E-state index contributed by atoms with van der Waals surface area (Å²) >= 11 is 0. The van der Waals surface area contributed by atoms with Gasteiger partial charge in [0, 0.05) is 20.8 Å². The van der Waals surface area contributed by atoms with Crippen LogP contribution in [0.2, 0.25) is 0 Å². The fraction of sp³-hybridized carbons (Fsp3) is 0.588. The molecule has 5 nitrogen and oxygen atoms in total. The second-order valence-corrected chi connectivity index (χ2v) is 5.90. The average Bonchev–Trinajstić information content (AvgIpc) is 2.55. The molecule has 2 rings (SSSR count). The molecule has 0 saturated carbocycles. The second kappa shape index (κ2) is 9.88. The van der Waals surface area contributed by atoms with E-state index in [0.717, 1.165) is 37.1 Å². The molecule has 0 radical (unpaired) electrons. The topological polar surface area (TPSA) is 59.6 Å². The summed E-state index contributed by atoms with van der Waals surface area (Å²) in [5, 5.41) is 6.37. The molecular formula is C17H27ClN2O3. The van der Waals surface area contributed by atoms with Crippen LogP contribution in [0.4, 0.5) is 0 Å². The van der Waals surface area contributed by atoms with E-state index in [2.05, 4.69) is 10.6 Å². The third-order valence-corrected chi connectivity index (χ3v) is 4.25. The molecule has 1 aliphatic rings. The second-order valence-electron chi connectivity index (χ2n) is 5.90. The van der Waals surface area contributed by atoms with Crippen LogP contribution in [0.25, 0.3) is 0 Å². The molecule has 1 saturated heterocycles.